The van der Waals surface area contributed by atoms with Crippen molar-refractivity contribution in [3.05, 3.63) is 53.6 Å². The predicted octanol–water partition coefficient (Wildman–Crippen LogP) is 1.82. The summed E-state index contributed by atoms with van der Waals surface area (Å²) in [6.45, 7) is 3.13. The van der Waals surface area contributed by atoms with Crippen molar-refractivity contribution in [2.24, 2.45) is 0 Å². The highest BCUT2D eigenvalue weighted by molar-refractivity contribution is 5.96. The monoisotopic (exact) mass is 356 g/mol. The van der Waals surface area contributed by atoms with Crippen molar-refractivity contribution >= 4 is 11.9 Å². The summed E-state index contributed by atoms with van der Waals surface area (Å²) in [6, 6.07) is 6.38. The van der Waals surface area contributed by atoms with Crippen molar-refractivity contribution in [3.8, 4) is 0 Å². The third kappa shape index (κ3) is 4.92. The van der Waals surface area contributed by atoms with Crippen LogP contribution in [0.4, 0.5) is 0 Å². The van der Waals surface area contributed by atoms with Crippen LogP contribution in [0.25, 0.3) is 0 Å². The molecule has 1 atom stereocenters. The fourth-order valence-electron chi connectivity index (χ4n) is 3.20. The quantitative estimate of drug-likeness (QED) is 0.703. The lowest BCUT2D eigenvalue weighted by Crippen LogP contribution is -2.42. The molecule has 3 N–H and O–H groups in total. The van der Waals surface area contributed by atoms with Crippen molar-refractivity contribution in [2.75, 3.05) is 13.1 Å². The van der Waals surface area contributed by atoms with Gasteiger partial charge in [-0.2, -0.15) is 0 Å². The Morgan fingerprint density at radius 1 is 1.19 bits per heavy atom. The van der Waals surface area contributed by atoms with Crippen LogP contribution >= 0.6 is 0 Å². The van der Waals surface area contributed by atoms with Crippen molar-refractivity contribution < 1.29 is 14.7 Å². The number of amides is 1. The van der Waals surface area contributed by atoms with Gasteiger partial charge < -0.3 is 15.4 Å². The number of likely N-dealkylation sites (tertiary alicyclic amines) is 1. The average molecular weight is 356 g/mol. The molecule has 7 nitrogen and oxygen atoms in total. The van der Waals surface area contributed by atoms with Gasteiger partial charge in [0.1, 0.15) is 6.04 Å². The number of piperidine rings is 1. The van der Waals surface area contributed by atoms with E-state index in [1.165, 1.54) is 25.6 Å². The Morgan fingerprint density at radius 2 is 1.92 bits per heavy atom. The Balaban J connectivity index is 1.58. The molecule has 1 saturated heterocycles. The number of aromatic nitrogens is 2. The largest absolute Gasteiger partial charge is 0.480 e. The Bertz CT molecular complexity index is 722. The highest BCUT2D eigenvalue weighted by Crippen LogP contribution is 2.14. The second-order valence-corrected chi connectivity index (χ2v) is 6.68. The second-order valence-electron chi connectivity index (χ2n) is 6.68. The number of H-pyrrole nitrogens is 1. The maximum atomic E-state index is 12.4. The SMILES string of the molecule is O=C(N[C@H](Cc1cnc[nH]1)C(=O)O)c1ccc(CN2CCCCC2)cc1. The molecule has 0 unspecified atom stereocenters. The van der Waals surface area contributed by atoms with E-state index in [0.717, 1.165) is 25.2 Å². The Morgan fingerprint density at radius 3 is 2.54 bits per heavy atom. The minimum Gasteiger partial charge on any atom is -0.480 e. The van der Waals surface area contributed by atoms with Crippen LogP contribution in [-0.2, 0) is 17.8 Å². The van der Waals surface area contributed by atoms with Crippen LogP contribution in [0, 0.1) is 0 Å². The number of nitrogens with one attached hydrogen (secondary N) is 2. The summed E-state index contributed by atoms with van der Waals surface area (Å²) in [7, 11) is 0. The van der Waals surface area contributed by atoms with E-state index in [-0.39, 0.29) is 12.3 Å². The fraction of sp³-hybridized carbons (Fsp3) is 0.421. The van der Waals surface area contributed by atoms with Gasteiger partial charge in [-0.25, -0.2) is 9.78 Å². The standard InChI is InChI=1S/C19H24N4O3/c24-18(22-17(19(25)26)10-16-11-20-13-21-16)15-6-4-14(5-7-15)12-23-8-2-1-3-9-23/h4-7,11,13,17H,1-3,8-10,12H2,(H,20,21)(H,22,24)(H,25,26)/t17-/m1/s1. The number of carboxylic acid groups (broad SMARTS) is 1. The highest BCUT2D eigenvalue weighted by Gasteiger charge is 2.21. The molecule has 1 aromatic carbocycles. The Labute approximate surface area is 152 Å². The molecule has 2 aromatic rings. The Kier molecular flexibility index (Phi) is 6.01. The summed E-state index contributed by atoms with van der Waals surface area (Å²) in [5, 5.41) is 11.9. The summed E-state index contributed by atoms with van der Waals surface area (Å²) >= 11 is 0. The third-order valence-electron chi connectivity index (χ3n) is 4.65. The van der Waals surface area contributed by atoms with Crippen LogP contribution in [0.3, 0.4) is 0 Å². The lowest BCUT2D eigenvalue weighted by molar-refractivity contribution is -0.139. The maximum Gasteiger partial charge on any atom is 0.326 e. The van der Waals surface area contributed by atoms with Gasteiger partial charge in [0.15, 0.2) is 0 Å². The third-order valence-corrected chi connectivity index (χ3v) is 4.65. The molecule has 0 bridgehead atoms. The molecule has 0 aliphatic carbocycles. The zero-order valence-electron chi connectivity index (χ0n) is 14.6. The highest BCUT2D eigenvalue weighted by atomic mass is 16.4. The number of aromatic amines is 1. The number of carbonyl (C=O) groups is 2. The molecular formula is C19H24N4O3. The van der Waals surface area contributed by atoms with E-state index in [2.05, 4.69) is 20.2 Å². The van der Waals surface area contributed by atoms with Gasteiger partial charge in [-0.15, -0.1) is 0 Å². The molecule has 0 radical (unpaired) electrons. The van der Waals surface area contributed by atoms with E-state index in [1.54, 1.807) is 18.3 Å². The second kappa shape index (κ2) is 8.62. The van der Waals surface area contributed by atoms with Crippen LogP contribution in [0.2, 0.25) is 0 Å². The van der Waals surface area contributed by atoms with Gasteiger partial charge in [-0.05, 0) is 43.6 Å². The van der Waals surface area contributed by atoms with Crippen LogP contribution in [0.15, 0.2) is 36.8 Å². The van der Waals surface area contributed by atoms with Crippen molar-refractivity contribution in [1.82, 2.24) is 20.2 Å². The molecule has 0 spiro atoms. The lowest BCUT2D eigenvalue weighted by Gasteiger charge is -2.26. The molecule has 1 aliphatic rings. The van der Waals surface area contributed by atoms with E-state index in [4.69, 9.17) is 0 Å². The minimum atomic E-state index is -1.07. The number of carbonyl (C=O) groups excluding carboxylic acids is 1. The molecule has 7 heteroatoms. The first kappa shape index (κ1) is 18.1. The van der Waals surface area contributed by atoms with Gasteiger partial charge in [0.2, 0.25) is 0 Å². The summed E-state index contributed by atoms with van der Waals surface area (Å²) in [4.78, 5) is 32.9. The molecule has 1 amide bonds. The van der Waals surface area contributed by atoms with Gasteiger partial charge in [-0.1, -0.05) is 18.6 Å². The number of rotatable bonds is 7. The van der Waals surface area contributed by atoms with E-state index < -0.39 is 12.0 Å². The molecule has 1 aliphatic heterocycles. The molecule has 2 heterocycles. The zero-order chi connectivity index (χ0) is 18.4. The van der Waals surface area contributed by atoms with E-state index >= 15 is 0 Å². The number of carboxylic acids is 1. The Hall–Kier alpha value is -2.67. The van der Waals surface area contributed by atoms with Crippen LogP contribution < -0.4 is 5.32 Å². The topological polar surface area (TPSA) is 98.3 Å². The average Bonchev–Trinajstić information content (AvgIpc) is 3.15. The van der Waals surface area contributed by atoms with Gasteiger partial charge in [-0.3, -0.25) is 9.69 Å². The summed E-state index contributed by atoms with van der Waals surface area (Å²) in [6.07, 6.45) is 6.99. The summed E-state index contributed by atoms with van der Waals surface area (Å²) < 4.78 is 0. The number of aliphatic carboxylic acids is 1. The summed E-state index contributed by atoms with van der Waals surface area (Å²) in [5.41, 5.74) is 2.29. The smallest absolute Gasteiger partial charge is 0.326 e. The van der Waals surface area contributed by atoms with Crippen LogP contribution in [0.1, 0.15) is 40.9 Å². The number of benzene rings is 1. The van der Waals surface area contributed by atoms with Crippen molar-refractivity contribution in [2.45, 2.75) is 38.3 Å². The van der Waals surface area contributed by atoms with Gasteiger partial charge in [0.05, 0.1) is 6.33 Å². The first-order valence-corrected chi connectivity index (χ1v) is 8.94. The maximum absolute atomic E-state index is 12.4. The van der Waals surface area contributed by atoms with Gasteiger partial charge >= 0.3 is 5.97 Å². The first-order chi connectivity index (χ1) is 12.6. The lowest BCUT2D eigenvalue weighted by atomic mass is 10.1. The van der Waals surface area contributed by atoms with Crippen LogP contribution in [0.5, 0.6) is 0 Å². The molecule has 0 saturated carbocycles. The summed E-state index contributed by atoms with van der Waals surface area (Å²) in [5.74, 6) is -1.46. The molecule has 1 aromatic heterocycles. The molecule has 26 heavy (non-hydrogen) atoms. The first-order valence-electron chi connectivity index (χ1n) is 8.94. The number of hydrogen-bond donors (Lipinski definition) is 3. The van der Waals surface area contributed by atoms with E-state index in [1.807, 2.05) is 12.1 Å². The normalized spacial score (nSPS) is 16.2. The van der Waals surface area contributed by atoms with Crippen molar-refractivity contribution in [3.63, 3.8) is 0 Å². The number of hydrogen-bond acceptors (Lipinski definition) is 4. The van der Waals surface area contributed by atoms with Gasteiger partial charge in [0, 0.05) is 30.4 Å². The van der Waals surface area contributed by atoms with E-state index in [9.17, 15) is 14.7 Å². The predicted molar refractivity (Wildman–Crippen MR) is 96.8 cm³/mol. The van der Waals surface area contributed by atoms with Gasteiger partial charge in [0.25, 0.3) is 5.91 Å². The van der Waals surface area contributed by atoms with E-state index in [0.29, 0.717) is 11.3 Å². The molecular weight excluding hydrogens is 332 g/mol. The zero-order valence-corrected chi connectivity index (χ0v) is 14.6. The number of imidazole rings is 1. The molecule has 1 fully saturated rings. The van der Waals surface area contributed by atoms with Crippen LogP contribution in [-0.4, -0.2) is 51.0 Å². The van der Waals surface area contributed by atoms with Crippen molar-refractivity contribution in [1.29, 1.82) is 0 Å². The number of nitrogens with zero attached hydrogens (tertiary/aromatic N) is 2. The molecule has 138 valence electrons. The fourth-order valence-corrected chi connectivity index (χ4v) is 3.20. The molecule has 3 rings (SSSR count). The minimum absolute atomic E-state index is 0.161.